The van der Waals surface area contributed by atoms with E-state index in [0.717, 1.165) is 63.7 Å². The van der Waals surface area contributed by atoms with Crippen molar-refractivity contribution in [3.63, 3.8) is 0 Å². The second kappa shape index (κ2) is 9.53. The first-order chi connectivity index (χ1) is 15.8. The summed E-state index contributed by atoms with van der Waals surface area (Å²) in [6.45, 7) is 6.79. The van der Waals surface area contributed by atoms with Crippen LogP contribution in [-0.4, -0.2) is 76.3 Å². The summed E-state index contributed by atoms with van der Waals surface area (Å²) in [5.74, 6) is 1.63. The lowest BCUT2D eigenvalue weighted by Gasteiger charge is -2.39. The van der Waals surface area contributed by atoms with E-state index in [2.05, 4.69) is 25.9 Å². The summed E-state index contributed by atoms with van der Waals surface area (Å²) < 4.78 is 1.77. The van der Waals surface area contributed by atoms with E-state index < -0.39 is 0 Å². The highest BCUT2D eigenvalue weighted by Gasteiger charge is 2.28. The molecule has 0 aliphatic carbocycles. The van der Waals surface area contributed by atoms with Gasteiger partial charge in [0.2, 0.25) is 0 Å². The highest BCUT2D eigenvalue weighted by molar-refractivity contribution is 5.92. The quantitative estimate of drug-likeness (QED) is 0.623. The van der Waals surface area contributed by atoms with Gasteiger partial charge < -0.3 is 9.80 Å². The van der Waals surface area contributed by atoms with Crippen LogP contribution in [-0.2, 0) is 0 Å². The number of carbonyl (C=O) groups is 1. The number of hydrogen-bond donors (Lipinski definition) is 0. The second-order valence-corrected chi connectivity index (χ2v) is 8.72. The minimum Gasteiger partial charge on any atom is -0.354 e. The monoisotopic (exact) mass is 430 g/mol. The highest BCUT2D eigenvalue weighted by Crippen LogP contribution is 2.21. The van der Waals surface area contributed by atoms with Gasteiger partial charge in [-0.15, -0.1) is 0 Å². The van der Waals surface area contributed by atoms with Gasteiger partial charge in [-0.2, -0.15) is 5.10 Å². The zero-order valence-corrected chi connectivity index (χ0v) is 18.4. The van der Waals surface area contributed by atoms with Crippen molar-refractivity contribution in [3.05, 3.63) is 72.7 Å². The molecule has 5 rings (SSSR count). The molecule has 1 aromatic carbocycles. The number of carbonyl (C=O) groups excluding carboxylic acids is 1. The molecule has 2 aromatic heterocycles. The molecule has 1 atom stereocenters. The summed E-state index contributed by atoms with van der Waals surface area (Å²) in [4.78, 5) is 24.5. The Hall–Kier alpha value is -3.19. The van der Waals surface area contributed by atoms with Gasteiger partial charge in [-0.3, -0.25) is 9.69 Å². The Kier molecular flexibility index (Phi) is 6.16. The number of piperazine rings is 1. The maximum Gasteiger partial charge on any atom is 0.274 e. The van der Waals surface area contributed by atoms with Crippen molar-refractivity contribution in [1.29, 1.82) is 0 Å². The van der Waals surface area contributed by atoms with E-state index >= 15 is 0 Å². The predicted molar refractivity (Wildman–Crippen MR) is 125 cm³/mol. The standard InChI is InChI=1S/C25H30N6O/c32-25(23-11-14-31(27-23)22-8-2-1-3-9-22)30-13-6-7-21(20-30)19-28-15-17-29(18-16-28)24-10-4-5-12-26-24/h1-5,8-12,14,21H,6-7,13,15-20H2. The summed E-state index contributed by atoms with van der Waals surface area (Å²) in [5.41, 5.74) is 1.49. The van der Waals surface area contributed by atoms with Crippen LogP contribution in [0.3, 0.4) is 0 Å². The molecular formula is C25H30N6O. The molecule has 4 heterocycles. The third-order valence-electron chi connectivity index (χ3n) is 6.50. The van der Waals surface area contributed by atoms with Gasteiger partial charge in [0, 0.05) is 58.2 Å². The van der Waals surface area contributed by atoms with E-state index in [0.29, 0.717) is 11.6 Å². The van der Waals surface area contributed by atoms with E-state index in [9.17, 15) is 4.79 Å². The van der Waals surface area contributed by atoms with Crippen molar-refractivity contribution in [2.45, 2.75) is 12.8 Å². The summed E-state index contributed by atoms with van der Waals surface area (Å²) >= 11 is 0. The fraction of sp³-hybridized carbons (Fsp3) is 0.400. The third-order valence-corrected chi connectivity index (χ3v) is 6.50. The average molecular weight is 431 g/mol. The van der Waals surface area contributed by atoms with E-state index in [-0.39, 0.29) is 5.91 Å². The van der Waals surface area contributed by atoms with Crippen molar-refractivity contribution in [3.8, 4) is 5.69 Å². The maximum atomic E-state index is 13.1. The fourth-order valence-corrected chi connectivity index (χ4v) is 4.79. The molecule has 2 aliphatic rings. The van der Waals surface area contributed by atoms with Gasteiger partial charge in [0.1, 0.15) is 5.82 Å². The number of anilines is 1. The molecule has 7 heteroatoms. The number of para-hydroxylation sites is 1. The molecule has 3 aromatic rings. The fourth-order valence-electron chi connectivity index (χ4n) is 4.79. The number of amides is 1. The molecule has 0 N–H and O–H groups in total. The maximum absolute atomic E-state index is 13.1. The topological polar surface area (TPSA) is 57.5 Å². The molecule has 0 saturated carbocycles. The second-order valence-electron chi connectivity index (χ2n) is 8.72. The summed E-state index contributed by atoms with van der Waals surface area (Å²) in [6, 6.07) is 17.8. The lowest BCUT2D eigenvalue weighted by atomic mass is 9.97. The van der Waals surface area contributed by atoms with Crippen LogP contribution in [0.5, 0.6) is 0 Å². The Bertz CT molecular complexity index is 1010. The predicted octanol–water partition coefficient (Wildman–Crippen LogP) is 2.94. The zero-order valence-electron chi connectivity index (χ0n) is 18.4. The van der Waals surface area contributed by atoms with Crippen molar-refractivity contribution in [1.82, 2.24) is 24.6 Å². The van der Waals surface area contributed by atoms with E-state index in [1.54, 1.807) is 4.68 Å². The Morgan fingerprint density at radius 1 is 0.938 bits per heavy atom. The molecule has 0 bridgehead atoms. The first-order valence-corrected chi connectivity index (χ1v) is 11.5. The van der Waals surface area contributed by atoms with Crippen LogP contribution in [0, 0.1) is 5.92 Å². The number of pyridine rings is 1. The van der Waals surface area contributed by atoms with Crippen LogP contribution < -0.4 is 4.90 Å². The Balaban J connectivity index is 1.15. The normalized spacial score (nSPS) is 19.8. The summed E-state index contributed by atoms with van der Waals surface area (Å²) in [7, 11) is 0. The van der Waals surface area contributed by atoms with Gasteiger partial charge in [0.15, 0.2) is 5.69 Å². The molecule has 0 radical (unpaired) electrons. The minimum absolute atomic E-state index is 0.0457. The highest BCUT2D eigenvalue weighted by atomic mass is 16.2. The zero-order chi connectivity index (χ0) is 21.8. The van der Waals surface area contributed by atoms with Crippen LogP contribution in [0.15, 0.2) is 67.0 Å². The van der Waals surface area contributed by atoms with Crippen LogP contribution in [0.25, 0.3) is 5.69 Å². The van der Waals surface area contributed by atoms with Gasteiger partial charge >= 0.3 is 0 Å². The van der Waals surface area contributed by atoms with Crippen LogP contribution in [0.1, 0.15) is 23.3 Å². The van der Waals surface area contributed by atoms with Gasteiger partial charge in [-0.1, -0.05) is 24.3 Å². The number of likely N-dealkylation sites (tertiary alicyclic amines) is 1. The molecule has 2 saturated heterocycles. The lowest BCUT2D eigenvalue weighted by Crippen LogP contribution is -2.50. The minimum atomic E-state index is 0.0457. The molecule has 32 heavy (non-hydrogen) atoms. The molecule has 2 fully saturated rings. The first-order valence-electron chi connectivity index (χ1n) is 11.5. The van der Waals surface area contributed by atoms with E-state index in [4.69, 9.17) is 0 Å². The summed E-state index contributed by atoms with van der Waals surface area (Å²) in [6.07, 6.45) is 5.97. The number of benzene rings is 1. The number of hydrogen-bond acceptors (Lipinski definition) is 5. The van der Waals surface area contributed by atoms with Crippen LogP contribution >= 0.6 is 0 Å². The van der Waals surface area contributed by atoms with Crippen molar-refractivity contribution in [2.24, 2.45) is 5.92 Å². The van der Waals surface area contributed by atoms with Crippen LogP contribution in [0.2, 0.25) is 0 Å². The van der Waals surface area contributed by atoms with Crippen molar-refractivity contribution >= 4 is 11.7 Å². The summed E-state index contributed by atoms with van der Waals surface area (Å²) in [5, 5.41) is 4.54. The molecule has 1 amide bonds. The average Bonchev–Trinajstić information content (AvgIpc) is 3.36. The van der Waals surface area contributed by atoms with Crippen molar-refractivity contribution in [2.75, 3.05) is 50.7 Å². The SMILES string of the molecule is O=C(c1ccn(-c2ccccc2)n1)N1CCCC(CN2CCN(c3ccccn3)CC2)C1. The van der Waals surface area contributed by atoms with E-state index in [1.165, 1.54) is 6.42 Å². The third kappa shape index (κ3) is 4.67. The number of piperidine rings is 1. The Morgan fingerprint density at radius 2 is 1.75 bits per heavy atom. The van der Waals surface area contributed by atoms with Gasteiger partial charge in [0.25, 0.3) is 5.91 Å². The van der Waals surface area contributed by atoms with Gasteiger partial charge in [-0.25, -0.2) is 9.67 Å². The number of nitrogens with zero attached hydrogens (tertiary/aromatic N) is 6. The van der Waals surface area contributed by atoms with Gasteiger partial charge in [-0.05, 0) is 49.1 Å². The largest absolute Gasteiger partial charge is 0.354 e. The first kappa shape index (κ1) is 20.7. The van der Waals surface area contributed by atoms with Crippen LogP contribution in [0.4, 0.5) is 5.82 Å². The lowest BCUT2D eigenvalue weighted by molar-refractivity contribution is 0.0631. The smallest absolute Gasteiger partial charge is 0.274 e. The number of rotatable bonds is 5. The molecule has 2 aliphatic heterocycles. The molecule has 7 nitrogen and oxygen atoms in total. The van der Waals surface area contributed by atoms with Crippen molar-refractivity contribution < 1.29 is 4.79 Å². The molecule has 1 unspecified atom stereocenters. The molecule has 166 valence electrons. The molecule has 0 spiro atoms. The Labute approximate surface area is 189 Å². The number of aromatic nitrogens is 3. The van der Waals surface area contributed by atoms with Gasteiger partial charge in [0.05, 0.1) is 5.69 Å². The Morgan fingerprint density at radius 3 is 2.53 bits per heavy atom. The molecular weight excluding hydrogens is 400 g/mol. The van der Waals surface area contributed by atoms with E-state index in [1.807, 2.05) is 65.8 Å².